The number of rotatable bonds is 1. The Morgan fingerprint density at radius 1 is 1.29 bits per heavy atom. The van der Waals surface area contributed by atoms with Crippen LogP contribution in [0.2, 0.25) is 0 Å². The number of aliphatic hydroxyl groups is 1. The number of benzene rings is 1. The van der Waals surface area contributed by atoms with Crippen molar-refractivity contribution in [1.29, 1.82) is 0 Å². The molecule has 7 heteroatoms. The van der Waals surface area contributed by atoms with Gasteiger partial charge in [-0.1, -0.05) is 6.07 Å². The fraction of sp³-hybridized carbons (Fsp3) is 0.429. The topological polar surface area (TPSA) is 120 Å². The van der Waals surface area contributed by atoms with E-state index in [0.717, 1.165) is 28.9 Å². The lowest BCUT2D eigenvalue weighted by atomic mass is 9.49. The standard InChI is InChI=1S/C21H23N3O4/c1-24-5-4-20-10-16-12(6-14(18(22)26)19(27)23-16)9-21(20,28)17(24)7-11-2-3-13(25)8-15(11)20/h2-3,6,8,17,25,28H,4-5,7,9-10H2,1H3,(H2,22,26)(H,23,27)/t17-,20-,21-/m1/s1. The van der Waals surface area contributed by atoms with Gasteiger partial charge in [-0.15, -0.1) is 0 Å². The van der Waals surface area contributed by atoms with Gasteiger partial charge in [0.25, 0.3) is 11.5 Å². The van der Waals surface area contributed by atoms with Crippen LogP contribution in [0.15, 0.2) is 29.1 Å². The smallest absolute Gasteiger partial charge is 0.261 e. The zero-order valence-corrected chi connectivity index (χ0v) is 15.7. The minimum absolute atomic E-state index is 0.0781. The normalized spacial score (nSPS) is 30.9. The maximum Gasteiger partial charge on any atom is 0.261 e. The lowest BCUT2D eigenvalue weighted by Gasteiger charge is -2.63. The number of nitrogens with one attached hydrogen (secondary N) is 1. The summed E-state index contributed by atoms with van der Waals surface area (Å²) < 4.78 is 0. The molecule has 1 aromatic carbocycles. The molecule has 1 aromatic heterocycles. The van der Waals surface area contributed by atoms with Gasteiger partial charge in [0, 0.05) is 30.0 Å². The van der Waals surface area contributed by atoms with Crippen molar-refractivity contribution in [2.24, 2.45) is 5.73 Å². The number of carbonyl (C=O) groups excluding carboxylic acids is 1. The van der Waals surface area contributed by atoms with E-state index in [-0.39, 0.29) is 17.4 Å². The first-order chi connectivity index (χ1) is 13.2. The average molecular weight is 381 g/mol. The molecule has 2 heterocycles. The first-order valence-corrected chi connectivity index (χ1v) is 9.55. The predicted octanol–water partition coefficient (Wildman–Crippen LogP) is 0.207. The summed E-state index contributed by atoms with van der Waals surface area (Å²) in [7, 11) is 2.02. The number of fused-ring (bicyclic) bond motifs is 2. The number of phenols is 1. The molecule has 28 heavy (non-hydrogen) atoms. The molecule has 2 aliphatic carbocycles. The summed E-state index contributed by atoms with van der Waals surface area (Å²) >= 11 is 0. The van der Waals surface area contributed by atoms with Crippen molar-refractivity contribution in [1.82, 2.24) is 9.88 Å². The molecule has 1 saturated heterocycles. The van der Waals surface area contributed by atoms with Crippen LogP contribution in [0.5, 0.6) is 5.75 Å². The van der Waals surface area contributed by atoms with Gasteiger partial charge in [-0.2, -0.15) is 0 Å². The minimum atomic E-state index is -1.07. The number of likely N-dealkylation sites (tertiary alicyclic amines) is 1. The van der Waals surface area contributed by atoms with Crippen molar-refractivity contribution in [3.63, 3.8) is 0 Å². The Morgan fingerprint density at radius 2 is 2.07 bits per heavy atom. The molecule has 0 radical (unpaired) electrons. The Bertz CT molecular complexity index is 1080. The second kappa shape index (κ2) is 5.46. The molecule has 2 bridgehead atoms. The highest BCUT2D eigenvalue weighted by atomic mass is 16.3. The summed E-state index contributed by atoms with van der Waals surface area (Å²) in [5.41, 5.74) is 6.69. The Labute approximate surface area is 161 Å². The molecule has 3 aliphatic rings. The zero-order valence-electron chi connectivity index (χ0n) is 15.7. The van der Waals surface area contributed by atoms with Crippen molar-refractivity contribution in [3.05, 3.63) is 62.6 Å². The molecular formula is C21H23N3O4. The number of phenolic OH excluding ortho intramolecular Hbond substituents is 1. The van der Waals surface area contributed by atoms with Gasteiger partial charge in [0.2, 0.25) is 0 Å². The summed E-state index contributed by atoms with van der Waals surface area (Å²) in [6, 6.07) is 6.84. The van der Waals surface area contributed by atoms with Crippen molar-refractivity contribution in [3.8, 4) is 5.75 Å². The van der Waals surface area contributed by atoms with Crippen LogP contribution in [0, 0.1) is 0 Å². The molecule has 0 spiro atoms. The number of hydrogen-bond acceptors (Lipinski definition) is 5. The molecule has 2 aromatic rings. The molecule has 3 atom stereocenters. The van der Waals surface area contributed by atoms with E-state index in [1.807, 2.05) is 13.1 Å². The van der Waals surface area contributed by atoms with Gasteiger partial charge in [0.15, 0.2) is 0 Å². The number of pyridine rings is 1. The van der Waals surface area contributed by atoms with Crippen LogP contribution in [0.3, 0.4) is 0 Å². The maximum absolute atomic E-state index is 12.3. The highest BCUT2D eigenvalue weighted by molar-refractivity contribution is 5.92. The molecule has 0 saturated carbocycles. The number of primary amides is 1. The van der Waals surface area contributed by atoms with E-state index in [1.54, 1.807) is 12.1 Å². The summed E-state index contributed by atoms with van der Waals surface area (Å²) in [4.78, 5) is 29.0. The van der Waals surface area contributed by atoms with Gasteiger partial charge >= 0.3 is 0 Å². The number of aromatic hydroxyl groups is 1. The number of carbonyl (C=O) groups is 1. The van der Waals surface area contributed by atoms with Crippen molar-refractivity contribution < 1.29 is 15.0 Å². The molecule has 0 unspecified atom stereocenters. The highest BCUT2D eigenvalue weighted by Crippen LogP contribution is 2.56. The summed E-state index contributed by atoms with van der Waals surface area (Å²) in [5, 5.41) is 22.2. The van der Waals surface area contributed by atoms with Crippen LogP contribution in [-0.2, 0) is 24.7 Å². The third kappa shape index (κ3) is 2.06. The van der Waals surface area contributed by atoms with Gasteiger partial charge < -0.3 is 25.8 Å². The van der Waals surface area contributed by atoms with Gasteiger partial charge in [-0.25, -0.2) is 0 Å². The van der Waals surface area contributed by atoms with Crippen LogP contribution in [0.25, 0.3) is 0 Å². The van der Waals surface area contributed by atoms with E-state index in [2.05, 4.69) is 9.88 Å². The molecule has 1 amide bonds. The fourth-order valence-electron chi connectivity index (χ4n) is 5.84. The molecule has 5 rings (SSSR count). The summed E-state index contributed by atoms with van der Waals surface area (Å²) in [5.74, 6) is -0.594. The SMILES string of the molecule is CN1CC[C@]23Cc4[nH]c(=O)c(C(N)=O)cc4C[C@@]2(O)[C@H]1Cc1ccc(O)cc13. The lowest BCUT2D eigenvalue weighted by molar-refractivity contribution is -0.145. The molecule has 7 nitrogen and oxygen atoms in total. The van der Waals surface area contributed by atoms with Gasteiger partial charge in [-0.05, 0) is 61.3 Å². The number of amides is 1. The van der Waals surface area contributed by atoms with E-state index in [9.17, 15) is 19.8 Å². The number of nitrogens with zero attached hydrogens (tertiary/aromatic N) is 1. The Morgan fingerprint density at radius 3 is 2.82 bits per heavy atom. The van der Waals surface area contributed by atoms with Crippen molar-refractivity contribution >= 4 is 5.91 Å². The fourth-order valence-corrected chi connectivity index (χ4v) is 5.84. The number of hydrogen-bond donors (Lipinski definition) is 4. The second-order valence-electron chi connectivity index (χ2n) is 8.53. The van der Waals surface area contributed by atoms with Crippen molar-refractivity contribution in [2.75, 3.05) is 13.6 Å². The number of aromatic amines is 1. The van der Waals surface area contributed by atoms with E-state index in [4.69, 9.17) is 5.73 Å². The molecule has 146 valence electrons. The monoisotopic (exact) mass is 381 g/mol. The third-order valence-corrected chi connectivity index (χ3v) is 7.24. The third-order valence-electron chi connectivity index (χ3n) is 7.24. The van der Waals surface area contributed by atoms with Crippen molar-refractivity contribution in [2.45, 2.75) is 42.7 Å². The van der Waals surface area contributed by atoms with Gasteiger partial charge in [0.1, 0.15) is 11.3 Å². The summed E-state index contributed by atoms with van der Waals surface area (Å²) in [6.45, 7) is 0.820. The number of aromatic nitrogens is 1. The van der Waals surface area contributed by atoms with E-state index in [1.165, 1.54) is 6.07 Å². The first kappa shape index (κ1) is 17.5. The molecule has 1 fully saturated rings. The van der Waals surface area contributed by atoms with Gasteiger partial charge in [-0.3, -0.25) is 9.59 Å². The summed E-state index contributed by atoms with van der Waals surface area (Å²) in [6.07, 6.45) is 2.18. The molecule has 5 N–H and O–H groups in total. The predicted molar refractivity (Wildman–Crippen MR) is 102 cm³/mol. The largest absolute Gasteiger partial charge is 0.508 e. The lowest BCUT2D eigenvalue weighted by Crippen LogP contribution is -2.73. The number of likely N-dealkylation sites (N-methyl/N-ethyl adjacent to an activating group) is 1. The quantitative estimate of drug-likeness (QED) is 0.563. The Balaban J connectivity index is 1.77. The first-order valence-electron chi connectivity index (χ1n) is 9.55. The van der Waals surface area contributed by atoms with Crippen LogP contribution in [-0.4, -0.2) is 51.2 Å². The van der Waals surface area contributed by atoms with Gasteiger partial charge in [0.05, 0.1) is 5.60 Å². The zero-order chi connectivity index (χ0) is 19.8. The molecular weight excluding hydrogens is 358 g/mol. The minimum Gasteiger partial charge on any atom is -0.508 e. The number of H-pyrrole nitrogens is 1. The van der Waals surface area contributed by atoms with Crippen LogP contribution >= 0.6 is 0 Å². The Kier molecular flexibility index (Phi) is 3.40. The van der Waals surface area contributed by atoms with Crippen LogP contribution in [0.4, 0.5) is 0 Å². The van der Waals surface area contributed by atoms with E-state index in [0.29, 0.717) is 25.7 Å². The number of nitrogens with two attached hydrogens (primary N) is 1. The average Bonchev–Trinajstić information content (AvgIpc) is 2.63. The number of piperidine rings is 1. The Hall–Kier alpha value is -2.64. The van der Waals surface area contributed by atoms with Crippen LogP contribution < -0.4 is 11.3 Å². The maximum atomic E-state index is 12.3. The van der Waals surface area contributed by atoms with E-state index >= 15 is 0 Å². The van der Waals surface area contributed by atoms with Crippen LogP contribution in [0.1, 0.15) is 39.2 Å². The highest BCUT2D eigenvalue weighted by Gasteiger charge is 2.64. The second-order valence-corrected chi connectivity index (χ2v) is 8.53. The van der Waals surface area contributed by atoms with E-state index < -0.39 is 22.5 Å². The molecule has 1 aliphatic heterocycles.